The van der Waals surface area contributed by atoms with Crippen LogP contribution in [0.4, 0.5) is 5.69 Å². The fourth-order valence-electron chi connectivity index (χ4n) is 2.69. The summed E-state index contributed by atoms with van der Waals surface area (Å²) in [6, 6.07) is 16.3. The first-order valence-electron chi connectivity index (χ1n) is 7.86. The van der Waals surface area contributed by atoms with E-state index in [4.69, 9.17) is 0 Å². The van der Waals surface area contributed by atoms with Crippen LogP contribution in [0, 0.1) is 0 Å². The maximum Gasteiger partial charge on any atom is 0.241 e. The summed E-state index contributed by atoms with van der Waals surface area (Å²) in [4.78, 5) is 13.0. The normalized spacial score (nSPS) is 21.4. The zero-order chi connectivity index (χ0) is 16.9. The molecule has 2 aromatic carbocycles. The average Bonchev–Trinajstić information content (AvgIpc) is 3.02. The van der Waals surface area contributed by atoms with E-state index >= 15 is 0 Å². The number of aliphatic hydroxyl groups is 1. The molecule has 3 N–H and O–H groups in total. The Balaban J connectivity index is 1.64. The first-order chi connectivity index (χ1) is 11.6. The Morgan fingerprint density at radius 2 is 2.00 bits per heavy atom. The highest BCUT2D eigenvalue weighted by Gasteiger charge is 2.27. The Kier molecular flexibility index (Phi) is 5.40. The zero-order valence-electron chi connectivity index (χ0n) is 13.1. The number of benzene rings is 2. The molecule has 3 unspecified atom stereocenters. The van der Waals surface area contributed by atoms with Crippen molar-refractivity contribution in [3.63, 3.8) is 0 Å². The zero-order valence-corrected chi connectivity index (χ0v) is 14.0. The quantitative estimate of drug-likeness (QED) is 0.771. The second kappa shape index (κ2) is 7.70. The lowest BCUT2D eigenvalue weighted by molar-refractivity contribution is -0.117. The maximum atomic E-state index is 12.4. The number of carbonyl (C=O) groups is 1. The molecule has 1 fully saturated rings. The highest BCUT2D eigenvalue weighted by Crippen LogP contribution is 2.17. The fourth-order valence-corrected chi connectivity index (χ4v) is 3.80. The molecule has 0 bridgehead atoms. The van der Waals surface area contributed by atoms with Gasteiger partial charge in [-0.15, -0.1) is 0 Å². The van der Waals surface area contributed by atoms with Gasteiger partial charge in [-0.3, -0.25) is 9.00 Å². The third-order valence-corrected chi connectivity index (χ3v) is 5.32. The van der Waals surface area contributed by atoms with Crippen LogP contribution in [0.25, 0.3) is 0 Å². The summed E-state index contributed by atoms with van der Waals surface area (Å²) in [6.07, 6.45) is -0.0517. The molecule has 1 aliphatic rings. The van der Waals surface area contributed by atoms with Crippen molar-refractivity contribution in [2.24, 2.45) is 0 Å². The van der Waals surface area contributed by atoms with Crippen molar-refractivity contribution in [3.8, 4) is 0 Å². The monoisotopic (exact) mass is 344 g/mol. The standard InChI is InChI=1S/C18H20N2O3S/c21-15-10-17(19-11-15)18(22)20-14-6-4-5-13(9-14)12-24(23)16-7-2-1-3-8-16/h1-9,15,17,19,21H,10-12H2,(H,20,22). The van der Waals surface area contributed by atoms with E-state index in [0.29, 0.717) is 24.4 Å². The van der Waals surface area contributed by atoms with E-state index in [1.165, 1.54) is 0 Å². The van der Waals surface area contributed by atoms with Gasteiger partial charge < -0.3 is 15.7 Å². The van der Waals surface area contributed by atoms with E-state index in [9.17, 15) is 14.1 Å². The molecular formula is C18H20N2O3S. The lowest BCUT2D eigenvalue weighted by atomic mass is 10.1. The topological polar surface area (TPSA) is 78.4 Å². The van der Waals surface area contributed by atoms with Crippen LogP contribution in [0.1, 0.15) is 12.0 Å². The molecule has 2 aromatic rings. The van der Waals surface area contributed by atoms with Crippen LogP contribution in [0.3, 0.4) is 0 Å². The van der Waals surface area contributed by atoms with Crippen LogP contribution in [0.5, 0.6) is 0 Å². The molecule has 0 radical (unpaired) electrons. The summed E-state index contributed by atoms with van der Waals surface area (Å²) < 4.78 is 12.4. The number of anilines is 1. The molecule has 1 amide bonds. The molecule has 1 saturated heterocycles. The summed E-state index contributed by atoms with van der Waals surface area (Å²) in [7, 11) is -1.12. The van der Waals surface area contributed by atoms with E-state index in [1.54, 1.807) is 6.07 Å². The predicted octanol–water partition coefficient (Wildman–Crippen LogP) is 1.66. The van der Waals surface area contributed by atoms with Gasteiger partial charge in [-0.25, -0.2) is 0 Å². The predicted molar refractivity (Wildman–Crippen MR) is 94.0 cm³/mol. The minimum absolute atomic E-state index is 0.159. The summed E-state index contributed by atoms with van der Waals surface area (Å²) in [5.74, 6) is 0.238. The Morgan fingerprint density at radius 1 is 1.21 bits per heavy atom. The van der Waals surface area contributed by atoms with Gasteiger partial charge in [-0.1, -0.05) is 30.3 Å². The summed E-state index contributed by atoms with van der Waals surface area (Å²) >= 11 is 0. The first kappa shape index (κ1) is 16.8. The first-order valence-corrected chi connectivity index (χ1v) is 9.18. The molecule has 5 nitrogen and oxygen atoms in total. The lowest BCUT2D eigenvalue weighted by Gasteiger charge is -2.12. The number of aliphatic hydroxyl groups excluding tert-OH is 1. The molecule has 0 saturated carbocycles. The third-order valence-electron chi connectivity index (χ3n) is 3.92. The van der Waals surface area contributed by atoms with Crippen molar-refractivity contribution in [3.05, 3.63) is 60.2 Å². The molecule has 1 heterocycles. The van der Waals surface area contributed by atoms with Gasteiger partial charge in [0, 0.05) is 17.1 Å². The van der Waals surface area contributed by atoms with E-state index in [1.807, 2.05) is 48.5 Å². The second-order valence-corrected chi connectivity index (χ2v) is 7.29. The number of carbonyl (C=O) groups excluding carboxylic acids is 1. The van der Waals surface area contributed by atoms with Crippen molar-refractivity contribution >= 4 is 22.4 Å². The van der Waals surface area contributed by atoms with Crippen molar-refractivity contribution < 1.29 is 14.1 Å². The van der Waals surface area contributed by atoms with Crippen LogP contribution in [0.15, 0.2) is 59.5 Å². The van der Waals surface area contributed by atoms with Gasteiger partial charge in [0.2, 0.25) is 5.91 Å². The Bertz CT molecular complexity index is 736. The number of hydrogen-bond acceptors (Lipinski definition) is 4. The molecule has 0 aromatic heterocycles. The number of hydrogen-bond donors (Lipinski definition) is 3. The largest absolute Gasteiger partial charge is 0.392 e. The third kappa shape index (κ3) is 4.29. The summed E-state index contributed by atoms with van der Waals surface area (Å²) in [5, 5.41) is 15.3. The molecule has 1 aliphatic heterocycles. The van der Waals surface area contributed by atoms with Crippen LogP contribution < -0.4 is 10.6 Å². The Labute approximate surface area is 143 Å². The van der Waals surface area contributed by atoms with E-state index < -0.39 is 16.9 Å². The fraction of sp³-hybridized carbons (Fsp3) is 0.278. The molecule has 126 valence electrons. The van der Waals surface area contributed by atoms with Crippen molar-refractivity contribution in [1.82, 2.24) is 5.32 Å². The van der Waals surface area contributed by atoms with Crippen LogP contribution in [-0.4, -0.2) is 33.9 Å². The molecule has 6 heteroatoms. The van der Waals surface area contributed by atoms with E-state index in [2.05, 4.69) is 10.6 Å². The minimum Gasteiger partial charge on any atom is -0.392 e. The lowest BCUT2D eigenvalue weighted by Crippen LogP contribution is -2.35. The van der Waals surface area contributed by atoms with Crippen molar-refractivity contribution in [2.75, 3.05) is 11.9 Å². The number of nitrogens with one attached hydrogen (secondary N) is 2. The second-order valence-electron chi connectivity index (χ2n) is 5.84. The number of rotatable bonds is 5. The Morgan fingerprint density at radius 3 is 2.71 bits per heavy atom. The van der Waals surface area contributed by atoms with Gasteiger partial charge in [0.15, 0.2) is 0 Å². The molecule has 24 heavy (non-hydrogen) atoms. The van der Waals surface area contributed by atoms with Crippen LogP contribution in [-0.2, 0) is 21.3 Å². The van der Waals surface area contributed by atoms with Gasteiger partial charge in [0.1, 0.15) is 0 Å². The van der Waals surface area contributed by atoms with E-state index in [0.717, 1.165) is 10.5 Å². The molecular weight excluding hydrogens is 324 g/mol. The smallest absolute Gasteiger partial charge is 0.241 e. The number of β-amino-alcohol motifs (C(OH)–C–C–N with tert-alkyl or cyclic N) is 1. The summed E-state index contributed by atoms with van der Waals surface area (Å²) in [6.45, 7) is 0.439. The highest BCUT2D eigenvalue weighted by atomic mass is 32.2. The maximum absolute atomic E-state index is 12.4. The summed E-state index contributed by atoms with van der Waals surface area (Å²) in [5.41, 5.74) is 1.57. The van der Waals surface area contributed by atoms with Crippen molar-refractivity contribution in [2.45, 2.75) is 29.2 Å². The van der Waals surface area contributed by atoms with Gasteiger partial charge in [0.25, 0.3) is 0 Å². The van der Waals surface area contributed by atoms with Gasteiger partial charge in [-0.2, -0.15) is 0 Å². The highest BCUT2D eigenvalue weighted by molar-refractivity contribution is 7.84. The Hall–Kier alpha value is -2.02. The van der Waals surface area contributed by atoms with E-state index in [-0.39, 0.29) is 11.9 Å². The average molecular weight is 344 g/mol. The van der Waals surface area contributed by atoms with Gasteiger partial charge in [-0.05, 0) is 36.2 Å². The minimum atomic E-state index is -1.12. The number of amides is 1. The van der Waals surface area contributed by atoms with Crippen LogP contribution >= 0.6 is 0 Å². The van der Waals surface area contributed by atoms with Crippen LogP contribution in [0.2, 0.25) is 0 Å². The molecule has 3 rings (SSSR count). The molecule has 3 atom stereocenters. The SMILES string of the molecule is O=C(Nc1cccc(CS(=O)c2ccccc2)c1)C1CC(O)CN1. The van der Waals surface area contributed by atoms with Crippen molar-refractivity contribution in [1.29, 1.82) is 0 Å². The van der Waals surface area contributed by atoms with Gasteiger partial charge >= 0.3 is 0 Å². The molecule has 0 aliphatic carbocycles. The molecule has 0 spiro atoms. The van der Waals surface area contributed by atoms with Gasteiger partial charge in [0.05, 0.1) is 28.7 Å².